The Morgan fingerprint density at radius 1 is 1.25 bits per heavy atom. The number of aromatic nitrogens is 3. The van der Waals surface area contributed by atoms with Gasteiger partial charge in [-0.1, -0.05) is 12.1 Å². The van der Waals surface area contributed by atoms with Crippen LogP contribution >= 0.6 is 0 Å². The fourth-order valence-corrected chi connectivity index (χ4v) is 5.05. The maximum Gasteiger partial charge on any atom is 0.246 e. The van der Waals surface area contributed by atoms with E-state index in [4.69, 9.17) is 4.52 Å². The van der Waals surface area contributed by atoms with Crippen molar-refractivity contribution in [2.75, 3.05) is 13.1 Å². The van der Waals surface area contributed by atoms with Gasteiger partial charge in [0.25, 0.3) is 0 Å². The molecule has 24 heavy (non-hydrogen) atoms. The molecule has 0 unspecified atom stereocenters. The molecule has 0 atom stereocenters. The number of sulfonamides is 1. The number of aryl methyl sites for hydroxylation is 2. The number of nitrogens with zero attached hydrogens (tertiary/aromatic N) is 4. The zero-order chi connectivity index (χ0) is 17.5. The van der Waals surface area contributed by atoms with Crippen molar-refractivity contribution >= 4 is 10.0 Å². The van der Waals surface area contributed by atoms with Gasteiger partial charge >= 0.3 is 0 Å². The molecule has 7 nitrogen and oxygen atoms in total. The molecule has 2 aromatic heterocycles. The lowest BCUT2D eigenvalue weighted by molar-refractivity contribution is 0.288. The molecule has 0 spiro atoms. The van der Waals surface area contributed by atoms with Gasteiger partial charge in [0, 0.05) is 19.2 Å². The average Bonchev–Trinajstić information content (AvgIpc) is 3.03. The summed E-state index contributed by atoms with van der Waals surface area (Å²) in [4.78, 5) is 0.331. The third-order valence-electron chi connectivity index (χ3n) is 4.64. The highest BCUT2D eigenvalue weighted by Crippen LogP contribution is 2.27. The average molecular weight is 352 g/mol. The van der Waals surface area contributed by atoms with E-state index < -0.39 is 10.0 Å². The third kappa shape index (κ3) is 3.12. The molecule has 1 fully saturated rings. The molecule has 0 N–H and O–H groups in total. The molecule has 3 rings (SSSR count). The second kappa shape index (κ2) is 6.33. The summed E-state index contributed by atoms with van der Waals surface area (Å²) in [7, 11) is -3.51. The van der Waals surface area contributed by atoms with Gasteiger partial charge in [0.15, 0.2) is 0 Å². The number of hydrogen-bond donors (Lipinski definition) is 0. The summed E-state index contributed by atoms with van der Waals surface area (Å²) in [6, 6.07) is 1.83. The Morgan fingerprint density at radius 3 is 2.50 bits per heavy atom. The highest BCUT2D eigenvalue weighted by Gasteiger charge is 2.33. The number of piperidine rings is 1. The van der Waals surface area contributed by atoms with Crippen LogP contribution in [0, 0.1) is 26.7 Å². The normalized spacial score (nSPS) is 17.5. The lowest BCUT2D eigenvalue weighted by Crippen LogP contribution is -2.38. The zero-order valence-corrected chi connectivity index (χ0v) is 15.4. The first-order chi connectivity index (χ1) is 11.3. The first-order valence-electron chi connectivity index (χ1n) is 8.25. The van der Waals surface area contributed by atoms with E-state index in [2.05, 4.69) is 17.2 Å². The van der Waals surface area contributed by atoms with E-state index in [0.717, 1.165) is 24.3 Å². The highest BCUT2D eigenvalue weighted by atomic mass is 32.2. The number of rotatable bonds is 4. The molecule has 8 heteroatoms. The molecule has 0 bridgehead atoms. The quantitative estimate of drug-likeness (QED) is 0.843. The highest BCUT2D eigenvalue weighted by molar-refractivity contribution is 7.89. The van der Waals surface area contributed by atoms with Crippen LogP contribution in [-0.4, -0.2) is 40.7 Å². The van der Waals surface area contributed by atoms with Crippen LogP contribution in [0.3, 0.4) is 0 Å². The second-order valence-corrected chi connectivity index (χ2v) is 8.55. The van der Waals surface area contributed by atoms with Crippen molar-refractivity contribution in [2.24, 2.45) is 5.92 Å². The van der Waals surface area contributed by atoms with Crippen molar-refractivity contribution in [3.8, 4) is 0 Å². The van der Waals surface area contributed by atoms with E-state index in [-0.39, 0.29) is 0 Å². The fraction of sp³-hybridized carbons (Fsp3) is 0.625. The minimum atomic E-state index is -3.51. The first kappa shape index (κ1) is 17.2. The lowest BCUT2D eigenvalue weighted by Gasteiger charge is -2.29. The van der Waals surface area contributed by atoms with Gasteiger partial charge in [0.2, 0.25) is 10.0 Å². The second-order valence-electron chi connectivity index (χ2n) is 6.67. The molecular weight excluding hydrogens is 328 g/mol. The van der Waals surface area contributed by atoms with Crippen LogP contribution in [0.15, 0.2) is 15.5 Å². The predicted octanol–water partition coefficient (Wildman–Crippen LogP) is 2.27. The van der Waals surface area contributed by atoms with Crippen LogP contribution in [0.4, 0.5) is 0 Å². The molecule has 3 heterocycles. The van der Waals surface area contributed by atoms with Gasteiger partial charge in [-0.15, -0.1) is 0 Å². The molecule has 1 aliphatic heterocycles. The van der Waals surface area contributed by atoms with Crippen molar-refractivity contribution in [2.45, 2.75) is 52.0 Å². The largest absolute Gasteiger partial charge is 0.361 e. The van der Waals surface area contributed by atoms with Crippen LogP contribution in [0.5, 0.6) is 0 Å². The Kier molecular flexibility index (Phi) is 4.52. The SMILES string of the molecule is Cc1cc(Cn2nc(C)c(S(=O)(=O)N3CCC(C)CC3)c2C)no1. The molecule has 132 valence electrons. The van der Waals surface area contributed by atoms with Gasteiger partial charge in [-0.2, -0.15) is 9.40 Å². The maximum atomic E-state index is 13.0. The lowest BCUT2D eigenvalue weighted by atomic mass is 10.0. The Balaban J connectivity index is 1.90. The van der Waals surface area contributed by atoms with Gasteiger partial charge in [0.1, 0.15) is 16.3 Å². The van der Waals surface area contributed by atoms with E-state index in [1.165, 1.54) is 0 Å². The Morgan fingerprint density at radius 2 is 1.92 bits per heavy atom. The molecule has 1 aliphatic rings. The summed E-state index contributed by atoms with van der Waals surface area (Å²) in [5.41, 5.74) is 1.91. The van der Waals surface area contributed by atoms with E-state index >= 15 is 0 Å². The summed E-state index contributed by atoms with van der Waals surface area (Å²) in [5, 5.41) is 8.38. The van der Waals surface area contributed by atoms with Crippen molar-refractivity contribution in [1.82, 2.24) is 19.2 Å². The zero-order valence-electron chi connectivity index (χ0n) is 14.6. The van der Waals surface area contributed by atoms with Crippen molar-refractivity contribution in [1.29, 1.82) is 0 Å². The topological polar surface area (TPSA) is 81.2 Å². The summed E-state index contributed by atoms with van der Waals surface area (Å²) in [5.74, 6) is 1.30. The van der Waals surface area contributed by atoms with Crippen molar-refractivity contribution < 1.29 is 12.9 Å². The molecule has 0 aromatic carbocycles. The van der Waals surface area contributed by atoms with E-state index in [9.17, 15) is 8.42 Å². The minimum Gasteiger partial charge on any atom is -0.361 e. The summed E-state index contributed by atoms with van der Waals surface area (Å²) in [6.45, 7) is 9.09. The molecule has 0 aliphatic carbocycles. The predicted molar refractivity (Wildman–Crippen MR) is 89.2 cm³/mol. The van der Waals surface area contributed by atoms with Crippen LogP contribution in [-0.2, 0) is 16.6 Å². The smallest absolute Gasteiger partial charge is 0.246 e. The first-order valence-corrected chi connectivity index (χ1v) is 9.69. The molecule has 2 aromatic rings. The third-order valence-corrected chi connectivity index (χ3v) is 6.80. The van der Waals surface area contributed by atoms with E-state index in [1.54, 1.807) is 22.8 Å². The van der Waals surface area contributed by atoms with Gasteiger partial charge < -0.3 is 4.52 Å². The standard InChI is InChI=1S/C16H24N4O3S/c1-11-5-7-19(8-6-11)24(21,22)16-13(3)17-20(14(16)4)10-15-9-12(2)23-18-15/h9,11H,5-8,10H2,1-4H3. The summed E-state index contributed by atoms with van der Waals surface area (Å²) >= 11 is 0. The molecular formula is C16H24N4O3S. The van der Waals surface area contributed by atoms with E-state index in [1.807, 2.05) is 13.0 Å². The van der Waals surface area contributed by atoms with Crippen LogP contribution < -0.4 is 0 Å². The van der Waals surface area contributed by atoms with Gasteiger partial charge in [0.05, 0.1) is 17.9 Å². The van der Waals surface area contributed by atoms with Crippen molar-refractivity contribution in [3.05, 3.63) is 28.9 Å². The monoisotopic (exact) mass is 352 g/mol. The summed E-state index contributed by atoms with van der Waals surface area (Å²) < 4.78 is 34.4. The summed E-state index contributed by atoms with van der Waals surface area (Å²) in [6.07, 6.45) is 1.81. The minimum absolute atomic E-state index is 0.331. The van der Waals surface area contributed by atoms with E-state index in [0.29, 0.717) is 41.8 Å². The van der Waals surface area contributed by atoms with Gasteiger partial charge in [-0.3, -0.25) is 4.68 Å². The fourth-order valence-electron chi connectivity index (χ4n) is 3.21. The molecule has 0 radical (unpaired) electrons. The van der Waals surface area contributed by atoms with Crippen LogP contribution in [0.2, 0.25) is 0 Å². The maximum absolute atomic E-state index is 13.0. The Hall–Kier alpha value is -1.67. The number of hydrogen-bond acceptors (Lipinski definition) is 5. The molecule has 1 saturated heterocycles. The van der Waals surface area contributed by atoms with Crippen LogP contribution in [0.25, 0.3) is 0 Å². The molecule has 0 amide bonds. The molecule has 0 saturated carbocycles. The Bertz CT molecular complexity index is 830. The van der Waals surface area contributed by atoms with Gasteiger partial charge in [-0.25, -0.2) is 8.42 Å². The van der Waals surface area contributed by atoms with Crippen LogP contribution in [0.1, 0.15) is 42.6 Å². The Labute approximate surface area is 142 Å². The van der Waals surface area contributed by atoms with Crippen molar-refractivity contribution in [3.63, 3.8) is 0 Å². The van der Waals surface area contributed by atoms with Gasteiger partial charge in [-0.05, 0) is 39.5 Å².